The number of hydrogen-bond acceptors (Lipinski definition) is 4. The molecule has 2 aromatic rings. The van der Waals surface area contributed by atoms with E-state index < -0.39 is 0 Å². The second-order valence-corrected chi connectivity index (χ2v) is 8.23. The molecule has 5 nitrogen and oxygen atoms in total. The van der Waals surface area contributed by atoms with Crippen molar-refractivity contribution in [2.24, 2.45) is 0 Å². The standard InChI is InChI=1S/C25H28N2O3/c1-16(2)30-14-13-27-24(28)22(20-10-9-17(3)18(4)15-20)23(25(27)29)26-12-11-19-7-5-6-8-21(19)26/h5-10,15-16H,11-14H2,1-4H3. The summed E-state index contributed by atoms with van der Waals surface area (Å²) in [5.74, 6) is -0.479. The van der Waals surface area contributed by atoms with Crippen molar-refractivity contribution in [3.63, 3.8) is 0 Å². The minimum Gasteiger partial charge on any atom is -0.377 e. The minimum atomic E-state index is -0.241. The Morgan fingerprint density at radius 1 is 1.00 bits per heavy atom. The smallest absolute Gasteiger partial charge is 0.278 e. The van der Waals surface area contributed by atoms with E-state index in [1.807, 2.05) is 69.0 Å². The Bertz CT molecular complexity index is 1040. The van der Waals surface area contributed by atoms with E-state index in [9.17, 15) is 9.59 Å². The van der Waals surface area contributed by atoms with Gasteiger partial charge in [0.2, 0.25) is 0 Å². The number of para-hydroxylation sites is 1. The van der Waals surface area contributed by atoms with Gasteiger partial charge in [0.25, 0.3) is 11.8 Å². The topological polar surface area (TPSA) is 49.9 Å². The molecule has 0 aliphatic carbocycles. The van der Waals surface area contributed by atoms with Crippen LogP contribution < -0.4 is 4.90 Å². The van der Waals surface area contributed by atoms with Crippen LogP contribution in [0.2, 0.25) is 0 Å². The van der Waals surface area contributed by atoms with Gasteiger partial charge in [0.15, 0.2) is 0 Å². The molecule has 0 saturated heterocycles. The van der Waals surface area contributed by atoms with Crippen molar-refractivity contribution in [3.05, 3.63) is 70.4 Å². The Labute approximate surface area is 177 Å². The molecule has 5 heteroatoms. The minimum absolute atomic E-state index is 0.0508. The molecule has 0 unspecified atom stereocenters. The number of fused-ring (bicyclic) bond motifs is 1. The number of hydrogen-bond donors (Lipinski definition) is 0. The molecule has 2 aliphatic heterocycles. The van der Waals surface area contributed by atoms with E-state index in [1.54, 1.807) is 0 Å². The molecular formula is C25H28N2O3. The first-order valence-corrected chi connectivity index (χ1v) is 10.5. The molecule has 4 rings (SSSR count). The number of benzene rings is 2. The zero-order valence-electron chi connectivity index (χ0n) is 18.1. The number of aryl methyl sites for hydroxylation is 2. The number of anilines is 1. The zero-order valence-corrected chi connectivity index (χ0v) is 18.1. The average Bonchev–Trinajstić information content (AvgIpc) is 3.23. The maximum Gasteiger partial charge on any atom is 0.278 e. The van der Waals surface area contributed by atoms with Gasteiger partial charge in [0, 0.05) is 12.2 Å². The molecule has 0 radical (unpaired) electrons. The van der Waals surface area contributed by atoms with Crippen LogP contribution in [0.4, 0.5) is 5.69 Å². The normalized spacial score (nSPS) is 16.3. The maximum atomic E-state index is 13.5. The first-order valence-electron chi connectivity index (χ1n) is 10.5. The number of rotatable bonds is 6. The Morgan fingerprint density at radius 2 is 1.77 bits per heavy atom. The summed E-state index contributed by atoms with van der Waals surface area (Å²) in [7, 11) is 0. The highest BCUT2D eigenvalue weighted by molar-refractivity contribution is 6.36. The van der Waals surface area contributed by atoms with Crippen molar-refractivity contribution in [1.82, 2.24) is 4.90 Å². The highest BCUT2D eigenvalue weighted by Crippen LogP contribution is 2.38. The van der Waals surface area contributed by atoms with Gasteiger partial charge in [-0.25, -0.2) is 0 Å². The quantitative estimate of drug-likeness (QED) is 0.686. The van der Waals surface area contributed by atoms with E-state index in [1.165, 1.54) is 10.5 Å². The fourth-order valence-corrected chi connectivity index (χ4v) is 4.12. The molecule has 0 fully saturated rings. The number of carbonyl (C=O) groups is 2. The first kappa shape index (κ1) is 20.4. The van der Waals surface area contributed by atoms with Crippen molar-refractivity contribution in [2.75, 3.05) is 24.6 Å². The van der Waals surface area contributed by atoms with Crippen LogP contribution in [-0.4, -0.2) is 42.5 Å². The number of carbonyl (C=O) groups excluding carboxylic acids is 2. The molecule has 2 aliphatic rings. The van der Waals surface area contributed by atoms with Crippen molar-refractivity contribution < 1.29 is 14.3 Å². The Balaban J connectivity index is 1.78. The van der Waals surface area contributed by atoms with Gasteiger partial charge < -0.3 is 9.64 Å². The van der Waals surface area contributed by atoms with Gasteiger partial charge >= 0.3 is 0 Å². The SMILES string of the molecule is Cc1ccc(C2=C(N3CCc4ccccc43)C(=O)N(CCOC(C)C)C2=O)cc1C. The Morgan fingerprint density at radius 3 is 2.50 bits per heavy atom. The second-order valence-electron chi connectivity index (χ2n) is 8.23. The number of nitrogens with zero attached hydrogens (tertiary/aromatic N) is 2. The molecule has 0 atom stereocenters. The van der Waals surface area contributed by atoms with Gasteiger partial charge in [0.1, 0.15) is 5.70 Å². The molecule has 0 aromatic heterocycles. The van der Waals surface area contributed by atoms with Crippen LogP contribution in [0.1, 0.15) is 36.1 Å². The fraction of sp³-hybridized carbons (Fsp3) is 0.360. The summed E-state index contributed by atoms with van der Waals surface area (Å²) >= 11 is 0. The zero-order chi connectivity index (χ0) is 21.4. The summed E-state index contributed by atoms with van der Waals surface area (Å²) in [5, 5.41) is 0. The highest BCUT2D eigenvalue weighted by atomic mass is 16.5. The van der Waals surface area contributed by atoms with Crippen molar-refractivity contribution in [1.29, 1.82) is 0 Å². The third kappa shape index (κ3) is 3.54. The monoisotopic (exact) mass is 404 g/mol. The van der Waals surface area contributed by atoms with Crippen LogP contribution in [0.5, 0.6) is 0 Å². The maximum absolute atomic E-state index is 13.5. The van der Waals surface area contributed by atoms with Gasteiger partial charge in [0.05, 0.1) is 24.8 Å². The van der Waals surface area contributed by atoms with Crippen LogP contribution in [0.15, 0.2) is 48.2 Å². The predicted molar refractivity (Wildman–Crippen MR) is 118 cm³/mol. The molecule has 2 heterocycles. The predicted octanol–water partition coefficient (Wildman–Crippen LogP) is 3.87. The molecule has 0 saturated carbocycles. The van der Waals surface area contributed by atoms with Crippen LogP contribution in [-0.2, 0) is 20.7 Å². The van der Waals surface area contributed by atoms with E-state index in [0.717, 1.165) is 28.8 Å². The molecule has 156 valence electrons. The third-order valence-corrected chi connectivity index (χ3v) is 5.86. The lowest BCUT2D eigenvalue weighted by Crippen LogP contribution is -2.37. The van der Waals surface area contributed by atoms with Crippen LogP contribution >= 0.6 is 0 Å². The van der Waals surface area contributed by atoms with E-state index in [-0.39, 0.29) is 24.5 Å². The molecule has 2 aromatic carbocycles. The van der Waals surface area contributed by atoms with Gasteiger partial charge in [-0.1, -0.05) is 36.4 Å². The van der Waals surface area contributed by atoms with E-state index in [2.05, 4.69) is 6.07 Å². The summed E-state index contributed by atoms with van der Waals surface area (Å²) in [4.78, 5) is 30.3. The number of imide groups is 1. The van der Waals surface area contributed by atoms with Crippen LogP contribution in [0.3, 0.4) is 0 Å². The Kier molecular flexibility index (Phi) is 5.48. The van der Waals surface area contributed by atoms with Crippen molar-refractivity contribution in [2.45, 2.75) is 40.2 Å². The second kappa shape index (κ2) is 8.07. The molecule has 30 heavy (non-hydrogen) atoms. The van der Waals surface area contributed by atoms with Gasteiger partial charge in [-0.2, -0.15) is 0 Å². The van der Waals surface area contributed by atoms with Crippen LogP contribution in [0.25, 0.3) is 5.57 Å². The van der Waals surface area contributed by atoms with Crippen molar-refractivity contribution in [3.8, 4) is 0 Å². The summed E-state index contributed by atoms with van der Waals surface area (Å²) in [6, 6.07) is 14.1. The fourth-order valence-electron chi connectivity index (χ4n) is 4.12. The largest absolute Gasteiger partial charge is 0.377 e. The van der Waals surface area contributed by atoms with Crippen molar-refractivity contribution >= 4 is 23.1 Å². The number of amides is 2. The van der Waals surface area contributed by atoms with Crippen LogP contribution in [0, 0.1) is 13.8 Å². The molecule has 2 amide bonds. The van der Waals surface area contributed by atoms with Gasteiger partial charge in [-0.15, -0.1) is 0 Å². The Hall–Kier alpha value is -2.92. The lowest BCUT2D eigenvalue weighted by molar-refractivity contribution is -0.138. The summed E-state index contributed by atoms with van der Waals surface area (Å²) in [6.07, 6.45) is 0.910. The highest BCUT2D eigenvalue weighted by Gasteiger charge is 2.43. The summed E-state index contributed by atoms with van der Waals surface area (Å²) < 4.78 is 5.61. The molecule has 0 N–H and O–H groups in total. The van der Waals surface area contributed by atoms with Gasteiger partial charge in [-0.05, 0) is 62.4 Å². The third-order valence-electron chi connectivity index (χ3n) is 5.86. The molecular weight excluding hydrogens is 376 g/mol. The summed E-state index contributed by atoms with van der Waals surface area (Å²) in [5.41, 5.74) is 6.24. The van der Waals surface area contributed by atoms with E-state index >= 15 is 0 Å². The number of ether oxygens (including phenoxy) is 1. The molecule has 0 spiro atoms. The molecule has 0 bridgehead atoms. The lowest BCUT2D eigenvalue weighted by atomic mass is 9.99. The lowest BCUT2D eigenvalue weighted by Gasteiger charge is -2.22. The first-order chi connectivity index (χ1) is 14.4. The van der Waals surface area contributed by atoms with Gasteiger partial charge in [-0.3, -0.25) is 14.5 Å². The van der Waals surface area contributed by atoms with E-state index in [0.29, 0.717) is 24.4 Å². The summed E-state index contributed by atoms with van der Waals surface area (Å²) in [6.45, 7) is 9.24. The van der Waals surface area contributed by atoms with E-state index in [4.69, 9.17) is 4.74 Å². The average molecular weight is 405 g/mol.